The van der Waals surface area contributed by atoms with Crippen molar-refractivity contribution in [2.24, 2.45) is 5.92 Å². The summed E-state index contributed by atoms with van der Waals surface area (Å²) >= 11 is 0. The number of carbonyl (C=O) groups excluding carboxylic acids is 1. The molecule has 3 heterocycles. The summed E-state index contributed by atoms with van der Waals surface area (Å²) in [6.07, 6.45) is 7.32. The van der Waals surface area contributed by atoms with Crippen LogP contribution in [0.5, 0.6) is 17.2 Å². The lowest BCUT2D eigenvalue weighted by Crippen LogP contribution is -2.50. The number of hydrogen-bond acceptors (Lipinski definition) is 5. The van der Waals surface area contributed by atoms with Crippen LogP contribution in [0.25, 0.3) is 6.08 Å². The molecular weight excluding hydrogens is 404 g/mol. The van der Waals surface area contributed by atoms with Crippen molar-refractivity contribution in [3.63, 3.8) is 0 Å². The van der Waals surface area contributed by atoms with Gasteiger partial charge in [0.2, 0.25) is 5.91 Å². The fourth-order valence-corrected chi connectivity index (χ4v) is 5.92. The first kappa shape index (κ1) is 20.9. The van der Waals surface area contributed by atoms with E-state index in [1.54, 1.807) is 20.3 Å². The Morgan fingerprint density at radius 1 is 1.16 bits per heavy atom. The minimum Gasteiger partial charge on any atom is -0.504 e. The van der Waals surface area contributed by atoms with Gasteiger partial charge in [0.1, 0.15) is 11.3 Å². The molecule has 3 fully saturated rings. The molecule has 2 aromatic rings. The quantitative estimate of drug-likeness (QED) is 0.751. The summed E-state index contributed by atoms with van der Waals surface area (Å²) < 4.78 is 10.5. The molecule has 3 aliphatic heterocycles. The van der Waals surface area contributed by atoms with E-state index in [-0.39, 0.29) is 23.2 Å². The van der Waals surface area contributed by atoms with Gasteiger partial charge in [-0.1, -0.05) is 30.4 Å². The van der Waals surface area contributed by atoms with Crippen molar-refractivity contribution in [2.75, 3.05) is 27.3 Å². The summed E-state index contributed by atoms with van der Waals surface area (Å²) in [4.78, 5) is 18.1. The Morgan fingerprint density at radius 2 is 1.97 bits per heavy atom. The Hall–Kier alpha value is -2.99. The minimum atomic E-state index is -0.339. The van der Waals surface area contributed by atoms with E-state index in [9.17, 15) is 9.90 Å². The van der Waals surface area contributed by atoms with Crippen LogP contribution in [0.4, 0.5) is 0 Å². The normalized spacial score (nSPS) is 27.2. The van der Waals surface area contributed by atoms with Crippen LogP contribution in [-0.2, 0) is 11.3 Å². The predicted octanol–water partition coefficient (Wildman–Crippen LogP) is 3.69. The van der Waals surface area contributed by atoms with Gasteiger partial charge >= 0.3 is 0 Å². The fourth-order valence-electron chi connectivity index (χ4n) is 5.92. The lowest BCUT2D eigenvalue weighted by atomic mass is 9.85. The van der Waals surface area contributed by atoms with Crippen LogP contribution in [0.1, 0.15) is 30.4 Å². The number of benzene rings is 2. The number of hydrogen-bond donors (Lipinski definition) is 1. The standard InChI is InChI=1S/C26H30N2O4/c1-31-22-9-5-19(6-10-22)16-27-17-20-15-21(28-13-3-12-26(20,28)25(27)30)8-4-18-7-11-23(29)24(14-18)32-2/h4-11,14,20-21,29H,3,12-13,15-17H2,1-2H3/t20-,21+,26-/m0/s1. The van der Waals surface area contributed by atoms with E-state index in [2.05, 4.69) is 22.0 Å². The van der Waals surface area contributed by atoms with Crippen molar-refractivity contribution in [1.82, 2.24) is 9.80 Å². The number of likely N-dealkylation sites (tertiary alicyclic amines) is 1. The van der Waals surface area contributed by atoms with Gasteiger partial charge in [-0.2, -0.15) is 0 Å². The van der Waals surface area contributed by atoms with E-state index in [1.807, 2.05) is 36.4 Å². The van der Waals surface area contributed by atoms with Crippen LogP contribution in [0.15, 0.2) is 48.5 Å². The highest BCUT2D eigenvalue weighted by molar-refractivity contribution is 5.90. The molecule has 0 aromatic heterocycles. The van der Waals surface area contributed by atoms with Gasteiger partial charge in [-0.15, -0.1) is 0 Å². The smallest absolute Gasteiger partial charge is 0.243 e. The van der Waals surface area contributed by atoms with Gasteiger partial charge in [0.05, 0.1) is 14.2 Å². The van der Waals surface area contributed by atoms with E-state index in [0.29, 0.717) is 18.2 Å². The first-order valence-corrected chi connectivity index (χ1v) is 11.3. The molecule has 6 heteroatoms. The van der Waals surface area contributed by atoms with E-state index in [1.165, 1.54) is 0 Å². The third-order valence-electron chi connectivity index (χ3n) is 7.42. The van der Waals surface area contributed by atoms with Gasteiger partial charge in [-0.05, 0) is 61.2 Å². The molecule has 0 saturated carbocycles. The number of aromatic hydroxyl groups is 1. The second-order valence-electron chi connectivity index (χ2n) is 9.05. The Kier molecular flexibility index (Phi) is 5.33. The molecule has 3 aliphatic rings. The van der Waals surface area contributed by atoms with Crippen LogP contribution in [0, 0.1) is 5.92 Å². The van der Waals surface area contributed by atoms with E-state index >= 15 is 0 Å². The molecule has 3 saturated heterocycles. The maximum Gasteiger partial charge on any atom is 0.243 e. The maximum absolute atomic E-state index is 13.6. The van der Waals surface area contributed by atoms with Crippen LogP contribution in [0.2, 0.25) is 0 Å². The molecule has 1 N–H and O–H groups in total. The highest BCUT2D eigenvalue weighted by Gasteiger charge is 2.64. The van der Waals surface area contributed by atoms with Crippen molar-refractivity contribution in [3.8, 4) is 17.2 Å². The predicted molar refractivity (Wildman–Crippen MR) is 123 cm³/mol. The van der Waals surface area contributed by atoms with E-state index in [0.717, 1.165) is 49.2 Å². The van der Waals surface area contributed by atoms with Crippen molar-refractivity contribution < 1.29 is 19.4 Å². The maximum atomic E-state index is 13.6. The lowest BCUT2D eigenvalue weighted by Gasteiger charge is -2.32. The Bertz CT molecular complexity index is 1030. The third kappa shape index (κ3) is 3.34. The van der Waals surface area contributed by atoms with E-state index < -0.39 is 0 Å². The van der Waals surface area contributed by atoms with Gasteiger partial charge in [0.15, 0.2) is 11.5 Å². The lowest BCUT2D eigenvalue weighted by molar-refractivity contribution is -0.137. The second-order valence-corrected chi connectivity index (χ2v) is 9.05. The highest BCUT2D eigenvalue weighted by atomic mass is 16.5. The number of nitrogens with zero attached hydrogens (tertiary/aromatic N) is 2. The number of carbonyl (C=O) groups is 1. The molecule has 0 radical (unpaired) electrons. The summed E-state index contributed by atoms with van der Waals surface area (Å²) in [6, 6.07) is 13.6. The molecule has 32 heavy (non-hydrogen) atoms. The first-order valence-electron chi connectivity index (χ1n) is 11.3. The van der Waals surface area contributed by atoms with Crippen LogP contribution < -0.4 is 9.47 Å². The molecule has 0 unspecified atom stereocenters. The second kappa shape index (κ2) is 8.17. The van der Waals surface area contributed by atoms with Gasteiger partial charge in [-0.25, -0.2) is 0 Å². The Balaban J connectivity index is 1.32. The van der Waals surface area contributed by atoms with Crippen LogP contribution in [-0.4, -0.2) is 59.7 Å². The van der Waals surface area contributed by atoms with Crippen molar-refractivity contribution in [1.29, 1.82) is 0 Å². The Morgan fingerprint density at radius 3 is 2.72 bits per heavy atom. The minimum absolute atomic E-state index is 0.140. The van der Waals surface area contributed by atoms with Gasteiger partial charge in [-0.3, -0.25) is 9.69 Å². The van der Waals surface area contributed by atoms with Gasteiger partial charge in [0.25, 0.3) is 0 Å². The average molecular weight is 435 g/mol. The van der Waals surface area contributed by atoms with Crippen LogP contribution in [0.3, 0.4) is 0 Å². The average Bonchev–Trinajstić information content (AvgIpc) is 3.44. The zero-order valence-corrected chi connectivity index (χ0v) is 18.7. The molecule has 1 spiro atoms. The molecule has 0 bridgehead atoms. The topological polar surface area (TPSA) is 62.2 Å². The molecule has 6 nitrogen and oxygen atoms in total. The zero-order chi connectivity index (χ0) is 22.3. The Labute approximate surface area is 189 Å². The van der Waals surface area contributed by atoms with Gasteiger partial charge < -0.3 is 19.5 Å². The summed E-state index contributed by atoms with van der Waals surface area (Å²) in [5.41, 5.74) is 1.78. The fraction of sp³-hybridized carbons (Fsp3) is 0.423. The number of amides is 1. The third-order valence-corrected chi connectivity index (χ3v) is 7.42. The number of rotatable bonds is 6. The zero-order valence-electron chi connectivity index (χ0n) is 18.7. The summed E-state index contributed by atoms with van der Waals surface area (Å²) in [5, 5.41) is 9.83. The summed E-state index contributed by atoms with van der Waals surface area (Å²) in [6.45, 7) is 2.44. The monoisotopic (exact) mass is 434 g/mol. The first-order chi connectivity index (χ1) is 15.5. The van der Waals surface area contributed by atoms with Crippen LogP contribution >= 0.6 is 0 Å². The highest BCUT2D eigenvalue weighted by Crippen LogP contribution is 2.52. The van der Waals surface area contributed by atoms with E-state index in [4.69, 9.17) is 9.47 Å². The summed E-state index contributed by atoms with van der Waals surface area (Å²) in [5.74, 6) is 2.09. The number of phenolic OH excluding ortho intramolecular Hbond substituents is 1. The molecule has 3 atom stereocenters. The molecule has 168 valence electrons. The number of phenols is 1. The van der Waals surface area contributed by atoms with Crippen molar-refractivity contribution >= 4 is 12.0 Å². The van der Waals surface area contributed by atoms with Crippen molar-refractivity contribution in [3.05, 3.63) is 59.7 Å². The molecular formula is C26H30N2O4. The molecule has 2 aromatic carbocycles. The largest absolute Gasteiger partial charge is 0.504 e. The molecule has 5 rings (SSSR count). The molecule has 0 aliphatic carbocycles. The molecule has 1 amide bonds. The SMILES string of the molecule is COc1ccc(CN2C[C@@H]3C[C@@H](C=Cc4ccc(O)c(OC)c4)N4CCC[C@@]34C2=O)cc1. The number of ether oxygens (including phenoxy) is 2. The van der Waals surface area contributed by atoms with Gasteiger partial charge in [0, 0.05) is 25.0 Å². The van der Waals surface area contributed by atoms with Crippen molar-refractivity contribution in [2.45, 2.75) is 37.4 Å². The number of methoxy groups -OCH3 is 2. The summed E-state index contributed by atoms with van der Waals surface area (Å²) in [7, 11) is 3.22.